The van der Waals surface area contributed by atoms with Crippen molar-refractivity contribution in [3.8, 4) is 0 Å². The molecule has 2 amide bonds. The minimum absolute atomic E-state index is 0.122. The van der Waals surface area contributed by atoms with E-state index in [1.165, 1.54) is 0 Å². The molecule has 0 aliphatic rings. The number of nitrogens with one attached hydrogen (secondary N) is 2. The van der Waals surface area contributed by atoms with E-state index in [0.29, 0.717) is 12.2 Å². The van der Waals surface area contributed by atoms with Crippen molar-refractivity contribution >= 4 is 23.8 Å². The first-order valence-corrected chi connectivity index (χ1v) is 7.43. The van der Waals surface area contributed by atoms with Crippen molar-refractivity contribution in [2.45, 2.75) is 39.2 Å². The minimum atomic E-state index is -0.931. The Morgan fingerprint density at radius 2 is 2.09 bits per heavy atom. The number of rotatable bonds is 9. The summed E-state index contributed by atoms with van der Waals surface area (Å²) < 4.78 is 0. The van der Waals surface area contributed by atoms with Crippen LogP contribution in [0.2, 0.25) is 0 Å². The fourth-order valence-corrected chi connectivity index (χ4v) is 2.22. The maximum atomic E-state index is 12.4. The molecule has 1 aromatic rings. The Morgan fingerprint density at radius 1 is 1.39 bits per heavy atom. The quantitative estimate of drug-likeness (QED) is 0.477. The summed E-state index contributed by atoms with van der Waals surface area (Å²) in [5.41, 5.74) is 13.8. The number of primary amides is 1. The zero-order valence-electron chi connectivity index (χ0n) is 13.3. The molecule has 1 rings (SSSR count). The van der Waals surface area contributed by atoms with Crippen molar-refractivity contribution < 1.29 is 14.4 Å². The topological polar surface area (TPSA) is 125 Å². The largest absolute Gasteiger partial charge is 0.368 e. The second-order valence-electron chi connectivity index (χ2n) is 5.73. The van der Waals surface area contributed by atoms with Gasteiger partial charge in [-0.15, -0.1) is 0 Å². The number of aldehydes is 1. The molecule has 0 heterocycles. The van der Waals surface area contributed by atoms with Crippen molar-refractivity contribution in [3.63, 3.8) is 0 Å². The number of nitrogens with zero attached hydrogens (tertiary/aromatic N) is 1. The van der Waals surface area contributed by atoms with Gasteiger partial charge in [0.25, 0.3) is 5.91 Å². The third kappa shape index (κ3) is 5.61. The molecule has 1 atom stereocenters. The Morgan fingerprint density at radius 3 is 2.61 bits per heavy atom. The first-order chi connectivity index (χ1) is 10.9. The van der Waals surface area contributed by atoms with Crippen LogP contribution >= 0.6 is 0 Å². The molecule has 0 saturated heterocycles. The molecule has 0 saturated carbocycles. The summed E-state index contributed by atoms with van der Waals surface area (Å²) in [5.74, 6) is -0.824. The fourth-order valence-electron chi connectivity index (χ4n) is 2.22. The van der Waals surface area contributed by atoms with Crippen LogP contribution in [0.25, 0.3) is 0 Å². The van der Waals surface area contributed by atoms with Crippen molar-refractivity contribution in [1.82, 2.24) is 5.32 Å². The van der Waals surface area contributed by atoms with Gasteiger partial charge in [0, 0.05) is 6.42 Å². The number of hydrogen-bond donors (Lipinski definition) is 3. The number of benzene rings is 1. The van der Waals surface area contributed by atoms with Gasteiger partial charge in [0.2, 0.25) is 5.91 Å². The van der Waals surface area contributed by atoms with Gasteiger partial charge in [0.15, 0.2) is 0 Å². The van der Waals surface area contributed by atoms with E-state index < -0.39 is 17.9 Å². The van der Waals surface area contributed by atoms with Gasteiger partial charge in [0.05, 0.1) is 11.3 Å². The average molecular weight is 318 g/mol. The maximum Gasteiger partial charge on any atom is 0.254 e. The van der Waals surface area contributed by atoms with Crippen LogP contribution in [0.1, 0.15) is 42.6 Å². The van der Waals surface area contributed by atoms with Crippen LogP contribution in [0.5, 0.6) is 0 Å². The molecule has 0 aliphatic carbocycles. The maximum absolute atomic E-state index is 12.4. The predicted octanol–water partition coefficient (Wildman–Crippen LogP) is 2.11. The van der Waals surface area contributed by atoms with Gasteiger partial charge >= 0.3 is 0 Å². The molecular formula is C16H22N4O3. The summed E-state index contributed by atoms with van der Waals surface area (Å²) in [5, 5.41) is 5.85. The number of amides is 2. The van der Waals surface area contributed by atoms with Gasteiger partial charge in [-0.3, -0.25) is 9.59 Å². The summed E-state index contributed by atoms with van der Waals surface area (Å²) in [4.78, 5) is 34.2. The number of carbonyl (C=O) groups is 3. The number of carbonyl (C=O) groups excluding carboxylic acids is 3. The molecule has 23 heavy (non-hydrogen) atoms. The highest BCUT2D eigenvalue weighted by Gasteiger charge is 2.20. The monoisotopic (exact) mass is 318 g/mol. The smallest absolute Gasteiger partial charge is 0.254 e. The van der Waals surface area contributed by atoms with E-state index in [1.54, 1.807) is 12.1 Å². The second-order valence-corrected chi connectivity index (χ2v) is 5.73. The average Bonchev–Trinajstić information content (AvgIpc) is 2.50. The lowest BCUT2D eigenvalue weighted by Crippen LogP contribution is -2.44. The molecule has 0 aliphatic heterocycles. The predicted molar refractivity (Wildman–Crippen MR) is 85.5 cm³/mol. The summed E-state index contributed by atoms with van der Waals surface area (Å²) in [6.45, 7) is 4.12. The van der Waals surface area contributed by atoms with E-state index >= 15 is 0 Å². The van der Waals surface area contributed by atoms with E-state index in [2.05, 4.69) is 24.3 Å². The Kier molecular flexibility index (Phi) is 7.05. The van der Waals surface area contributed by atoms with Crippen molar-refractivity contribution in [2.75, 3.05) is 0 Å². The van der Waals surface area contributed by atoms with Crippen LogP contribution in [-0.2, 0) is 16.0 Å². The first-order valence-electron chi connectivity index (χ1n) is 7.43. The lowest BCUT2D eigenvalue weighted by Gasteiger charge is -2.15. The fraction of sp³-hybridized carbons (Fsp3) is 0.438. The highest BCUT2D eigenvalue weighted by atomic mass is 16.2. The number of hydrogen-bond acceptors (Lipinski definition) is 5. The van der Waals surface area contributed by atoms with Crippen molar-refractivity contribution in [1.29, 1.82) is 5.53 Å². The van der Waals surface area contributed by atoms with E-state index in [0.717, 1.165) is 12.0 Å². The van der Waals surface area contributed by atoms with Crippen LogP contribution in [0.4, 0.5) is 5.69 Å². The third-order valence-electron chi connectivity index (χ3n) is 3.29. The molecule has 124 valence electrons. The summed E-state index contributed by atoms with van der Waals surface area (Å²) in [7, 11) is 0. The van der Waals surface area contributed by atoms with Crippen molar-refractivity contribution in [3.05, 3.63) is 29.3 Å². The lowest BCUT2D eigenvalue weighted by molar-refractivity contribution is -0.120. The second kappa shape index (κ2) is 8.77. The minimum Gasteiger partial charge on any atom is -0.368 e. The summed E-state index contributed by atoms with van der Waals surface area (Å²) in [6, 6.07) is 4.16. The van der Waals surface area contributed by atoms with Gasteiger partial charge in [-0.05, 0) is 36.5 Å². The van der Waals surface area contributed by atoms with Crippen LogP contribution in [-0.4, -0.2) is 24.1 Å². The lowest BCUT2D eigenvalue weighted by atomic mass is 9.99. The zero-order valence-corrected chi connectivity index (χ0v) is 13.3. The van der Waals surface area contributed by atoms with Crippen LogP contribution < -0.4 is 11.1 Å². The van der Waals surface area contributed by atoms with Crippen LogP contribution in [0.3, 0.4) is 0 Å². The molecule has 0 radical (unpaired) electrons. The van der Waals surface area contributed by atoms with Gasteiger partial charge in [-0.25, -0.2) is 5.53 Å². The molecule has 1 unspecified atom stereocenters. The molecule has 0 aromatic heterocycles. The molecular weight excluding hydrogens is 296 g/mol. The highest BCUT2D eigenvalue weighted by Crippen LogP contribution is 2.22. The third-order valence-corrected chi connectivity index (χ3v) is 3.29. The Hall–Kier alpha value is -2.57. The normalized spacial score (nSPS) is 11.8. The Balaban J connectivity index is 3.01. The van der Waals surface area contributed by atoms with E-state index in [9.17, 15) is 14.4 Å². The summed E-state index contributed by atoms with van der Waals surface area (Å²) in [6.07, 6.45) is 1.71. The first kappa shape index (κ1) is 18.5. The van der Waals surface area contributed by atoms with E-state index in [-0.39, 0.29) is 24.1 Å². The summed E-state index contributed by atoms with van der Waals surface area (Å²) >= 11 is 0. The molecule has 0 bridgehead atoms. The standard InChI is InChI=1S/C16H22N4O3/c1-10(2)8-11-5-6-13(20-18)12(9-11)16(23)19-14(15(17)22)4-3-7-21/h5-7,9-10,14,18H,3-4,8H2,1-2H3,(H2,17,22)(H,19,23). The van der Waals surface area contributed by atoms with E-state index in [4.69, 9.17) is 11.3 Å². The zero-order chi connectivity index (χ0) is 17.4. The van der Waals surface area contributed by atoms with Gasteiger partial charge in [0.1, 0.15) is 12.3 Å². The highest BCUT2D eigenvalue weighted by molar-refractivity contribution is 6.01. The van der Waals surface area contributed by atoms with Gasteiger partial charge < -0.3 is 15.8 Å². The van der Waals surface area contributed by atoms with Crippen LogP contribution in [0, 0.1) is 11.4 Å². The molecule has 0 spiro atoms. The molecule has 7 heteroatoms. The van der Waals surface area contributed by atoms with Gasteiger partial charge in [-0.1, -0.05) is 19.9 Å². The Bertz CT molecular complexity index is 599. The van der Waals surface area contributed by atoms with E-state index in [1.807, 2.05) is 6.07 Å². The van der Waals surface area contributed by atoms with Crippen LogP contribution in [0.15, 0.2) is 23.3 Å². The number of nitrogens with two attached hydrogens (primary N) is 1. The SMILES string of the molecule is CC(C)Cc1ccc(N=N)c(C(=O)NC(CCC=O)C(N)=O)c1. The van der Waals surface area contributed by atoms with Crippen molar-refractivity contribution in [2.24, 2.45) is 16.8 Å². The molecule has 1 aromatic carbocycles. The molecule has 0 fully saturated rings. The molecule has 4 N–H and O–H groups in total. The Labute approximate surface area is 135 Å². The molecule has 7 nitrogen and oxygen atoms in total. The van der Waals surface area contributed by atoms with Gasteiger partial charge in [-0.2, -0.15) is 5.11 Å².